The summed E-state index contributed by atoms with van der Waals surface area (Å²) in [5.74, 6) is 0.203. The van der Waals surface area contributed by atoms with E-state index in [1.807, 2.05) is 31.2 Å². The maximum atomic E-state index is 12.4. The Hall–Kier alpha value is -1.31. The van der Waals surface area contributed by atoms with Gasteiger partial charge in [-0.15, -0.1) is 0 Å². The first-order chi connectivity index (χ1) is 11.8. The van der Waals surface area contributed by atoms with Crippen molar-refractivity contribution < 1.29 is 18.1 Å². The van der Waals surface area contributed by atoms with Crippen LogP contribution in [-0.4, -0.2) is 64.1 Å². The summed E-state index contributed by atoms with van der Waals surface area (Å²) in [5, 5.41) is 3.64. The van der Waals surface area contributed by atoms with E-state index in [4.69, 9.17) is 11.6 Å². The summed E-state index contributed by atoms with van der Waals surface area (Å²) in [5.41, 5.74) is 1.11. The Kier molecular flexibility index (Phi) is 5.55. The molecular weight excluding hydrogens is 362 g/mol. The van der Waals surface area contributed by atoms with Gasteiger partial charge < -0.3 is 15.1 Å². The number of carbonyl (C=O) groups is 1. The average Bonchev–Trinajstić information content (AvgIpc) is 2.93. The number of sulfone groups is 1. The van der Waals surface area contributed by atoms with E-state index in [1.54, 1.807) is 0 Å². The third-order valence-electron chi connectivity index (χ3n) is 5.16. The second-order valence-corrected chi connectivity index (χ2v) is 9.62. The van der Waals surface area contributed by atoms with Crippen LogP contribution in [0.15, 0.2) is 24.3 Å². The maximum absolute atomic E-state index is 12.4. The van der Waals surface area contributed by atoms with Crippen LogP contribution in [0, 0.1) is 0 Å². The van der Waals surface area contributed by atoms with Gasteiger partial charge in [-0.05, 0) is 31.5 Å². The standard InChI is InChI=1S/C17H24ClN3O3S/c1-13(17(22)19-15-5-10-25(23,24)12-15)20-6-8-21(9-7-20)16-4-2-3-14(18)11-16/h2-4,11,13,15H,5-10,12H2,1H3,(H,19,22)/p+1/t13-,15-/m1/s1. The molecule has 0 spiro atoms. The van der Waals surface area contributed by atoms with Crippen LogP contribution in [0.3, 0.4) is 0 Å². The molecule has 2 atom stereocenters. The number of nitrogens with one attached hydrogen (secondary N) is 2. The summed E-state index contributed by atoms with van der Waals surface area (Å²) in [4.78, 5) is 16.0. The molecule has 6 nitrogen and oxygen atoms in total. The predicted octanol–water partition coefficient (Wildman–Crippen LogP) is -0.263. The first-order valence-corrected chi connectivity index (χ1v) is 10.9. The number of halogens is 1. The zero-order valence-electron chi connectivity index (χ0n) is 14.4. The van der Waals surface area contributed by atoms with Crippen molar-refractivity contribution in [3.63, 3.8) is 0 Å². The van der Waals surface area contributed by atoms with Crippen LogP contribution in [0.5, 0.6) is 0 Å². The van der Waals surface area contributed by atoms with Crippen LogP contribution in [0.2, 0.25) is 5.02 Å². The van der Waals surface area contributed by atoms with Crippen LogP contribution in [0.4, 0.5) is 5.69 Å². The molecule has 138 valence electrons. The lowest BCUT2D eigenvalue weighted by atomic mass is 10.1. The Labute approximate surface area is 154 Å². The third kappa shape index (κ3) is 4.65. The van der Waals surface area contributed by atoms with Crippen LogP contribution >= 0.6 is 11.6 Å². The van der Waals surface area contributed by atoms with Crippen molar-refractivity contribution in [2.45, 2.75) is 25.4 Å². The van der Waals surface area contributed by atoms with E-state index in [0.29, 0.717) is 6.42 Å². The summed E-state index contributed by atoms with van der Waals surface area (Å²) in [6, 6.07) is 7.42. The number of piperazine rings is 1. The van der Waals surface area contributed by atoms with Crippen molar-refractivity contribution >= 4 is 33.0 Å². The predicted molar refractivity (Wildman–Crippen MR) is 99.0 cm³/mol. The SMILES string of the molecule is C[C@H](C(=O)N[C@@H]1CCS(=O)(=O)C1)[NH+]1CCN(c2cccc(Cl)c2)CC1. The van der Waals surface area contributed by atoms with E-state index in [-0.39, 0.29) is 29.5 Å². The van der Waals surface area contributed by atoms with Crippen LogP contribution in [0.25, 0.3) is 0 Å². The topological polar surface area (TPSA) is 70.9 Å². The number of rotatable bonds is 4. The van der Waals surface area contributed by atoms with Gasteiger partial charge in [0.1, 0.15) is 0 Å². The van der Waals surface area contributed by atoms with Gasteiger partial charge in [0.2, 0.25) is 0 Å². The molecule has 2 N–H and O–H groups in total. The minimum atomic E-state index is -2.97. The number of hydrogen-bond donors (Lipinski definition) is 2. The van der Waals surface area contributed by atoms with Gasteiger partial charge in [-0.25, -0.2) is 8.42 Å². The largest absolute Gasteiger partial charge is 0.360 e. The molecule has 0 saturated carbocycles. The van der Waals surface area contributed by atoms with E-state index in [0.717, 1.165) is 36.9 Å². The monoisotopic (exact) mass is 386 g/mol. The Balaban J connectivity index is 1.51. The van der Waals surface area contributed by atoms with Gasteiger partial charge >= 0.3 is 0 Å². The summed E-state index contributed by atoms with van der Waals surface area (Å²) >= 11 is 6.06. The second kappa shape index (κ2) is 7.51. The quantitative estimate of drug-likeness (QED) is 0.747. The second-order valence-electron chi connectivity index (χ2n) is 6.96. The lowest BCUT2D eigenvalue weighted by Crippen LogP contribution is -3.19. The van der Waals surface area contributed by atoms with E-state index < -0.39 is 9.84 Å². The van der Waals surface area contributed by atoms with Gasteiger partial charge in [0, 0.05) is 16.8 Å². The van der Waals surface area contributed by atoms with E-state index in [1.165, 1.54) is 4.90 Å². The minimum Gasteiger partial charge on any atom is -0.360 e. The van der Waals surface area contributed by atoms with Crippen molar-refractivity contribution in [1.82, 2.24) is 5.32 Å². The molecule has 2 fully saturated rings. The van der Waals surface area contributed by atoms with Crippen LogP contribution in [-0.2, 0) is 14.6 Å². The van der Waals surface area contributed by atoms with Gasteiger partial charge in [0.05, 0.1) is 37.7 Å². The van der Waals surface area contributed by atoms with Crippen molar-refractivity contribution in [3.8, 4) is 0 Å². The number of carbonyl (C=O) groups excluding carboxylic acids is 1. The molecule has 0 aliphatic carbocycles. The Morgan fingerprint density at radius 2 is 2.08 bits per heavy atom. The summed E-state index contributed by atoms with van der Waals surface area (Å²) < 4.78 is 23.0. The molecule has 3 rings (SSSR count). The van der Waals surface area contributed by atoms with Crippen molar-refractivity contribution in [1.29, 1.82) is 0 Å². The Bertz CT molecular complexity index is 732. The smallest absolute Gasteiger partial charge is 0.278 e. The lowest BCUT2D eigenvalue weighted by Gasteiger charge is -2.36. The molecule has 2 aliphatic rings. The van der Waals surface area contributed by atoms with Gasteiger partial charge in [-0.2, -0.15) is 0 Å². The molecule has 1 aromatic carbocycles. The van der Waals surface area contributed by atoms with E-state index in [9.17, 15) is 13.2 Å². The molecule has 2 heterocycles. The number of benzene rings is 1. The normalized spacial score (nSPS) is 24.9. The summed E-state index contributed by atoms with van der Waals surface area (Å²) in [6.45, 7) is 5.38. The Morgan fingerprint density at radius 1 is 1.36 bits per heavy atom. The van der Waals surface area contributed by atoms with Gasteiger partial charge in [-0.3, -0.25) is 4.79 Å². The molecule has 2 saturated heterocycles. The molecular formula is C17H25ClN3O3S+. The fourth-order valence-corrected chi connectivity index (χ4v) is 5.44. The maximum Gasteiger partial charge on any atom is 0.278 e. The molecule has 0 radical (unpaired) electrons. The van der Waals surface area contributed by atoms with Gasteiger partial charge in [0.25, 0.3) is 5.91 Å². The molecule has 0 aromatic heterocycles. The van der Waals surface area contributed by atoms with Gasteiger partial charge in [-0.1, -0.05) is 17.7 Å². The highest BCUT2D eigenvalue weighted by Gasteiger charge is 2.33. The van der Waals surface area contributed by atoms with Crippen molar-refractivity contribution in [3.05, 3.63) is 29.3 Å². The van der Waals surface area contributed by atoms with Crippen LogP contribution in [0.1, 0.15) is 13.3 Å². The zero-order valence-corrected chi connectivity index (χ0v) is 15.9. The number of nitrogens with zero attached hydrogens (tertiary/aromatic N) is 1. The average molecular weight is 387 g/mol. The lowest BCUT2D eigenvalue weighted by molar-refractivity contribution is -0.914. The molecule has 1 amide bonds. The van der Waals surface area contributed by atoms with E-state index >= 15 is 0 Å². The number of quaternary nitrogens is 1. The number of anilines is 1. The molecule has 0 unspecified atom stereocenters. The molecule has 1 aromatic rings. The highest BCUT2D eigenvalue weighted by molar-refractivity contribution is 7.91. The Morgan fingerprint density at radius 3 is 2.68 bits per heavy atom. The number of amides is 1. The number of hydrogen-bond acceptors (Lipinski definition) is 4. The van der Waals surface area contributed by atoms with Crippen LogP contribution < -0.4 is 15.1 Å². The highest BCUT2D eigenvalue weighted by atomic mass is 35.5. The zero-order chi connectivity index (χ0) is 18.0. The molecule has 2 aliphatic heterocycles. The van der Waals surface area contributed by atoms with Gasteiger partial charge in [0.15, 0.2) is 15.9 Å². The third-order valence-corrected chi connectivity index (χ3v) is 7.17. The first-order valence-electron chi connectivity index (χ1n) is 8.70. The summed E-state index contributed by atoms with van der Waals surface area (Å²) in [7, 11) is -2.97. The first kappa shape index (κ1) is 18.5. The van der Waals surface area contributed by atoms with E-state index in [2.05, 4.69) is 10.2 Å². The highest BCUT2D eigenvalue weighted by Crippen LogP contribution is 2.19. The minimum absolute atomic E-state index is 0.0479. The molecule has 25 heavy (non-hydrogen) atoms. The van der Waals surface area contributed by atoms with Crippen molar-refractivity contribution in [2.75, 3.05) is 42.6 Å². The molecule has 8 heteroatoms. The fraction of sp³-hybridized carbons (Fsp3) is 0.588. The van der Waals surface area contributed by atoms with Crippen molar-refractivity contribution in [2.24, 2.45) is 0 Å². The molecule has 0 bridgehead atoms. The fourth-order valence-electron chi connectivity index (χ4n) is 3.58. The summed E-state index contributed by atoms with van der Waals surface area (Å²) in [6.07, 6.45) is 0.526.